The highest BCUT2D eigenvalue weighted by Gasteiger charge is 2.11. The van der Waals surface area contributed by atoms with Crippen LogP contribution in [-0.2, 0) is 0 Å². The number of halogens is 1. The first-order valence-electron chi connectivity index (χ1n) is 5.43. The van der Waals surface area contributed by atoms with Crippen molar-refractivity contribution in [1.82, 2.24) is 0 Å². The number of aromatic hydroxyl groups is 1. The van der Waals surface area contributed by atoms with E-state index in [4.69, 9.17) is 11.6 Å². The van der Waals surface area contributed by atoms with E-state index in [0.717, 1.165) is 5.56 Å². The largest absolute Gasteiger partial charge is 0.507 e. The summed E-state index contributed by atoms with van der Waals surface area (Å²) >= 11 is 5.83. The molecule has 0 aromatic heterocycles. The minimum absolute atomic E-state index is 0.0328. The van der Waals surface area contributed by atoms with Gasteiger partial charge in [-0.15, -0.1) is 0 Å². The Bertz CT molecular complexity index is 596. The average Bonchev–Trinajstić information content (AvgIpc) is 2.28. The Morgan fingerprint density at radius 3 is 2.67 bits per heavy atom. The molecule has 2 N–H and O–H groups in total. The van der Waals surface area contributed by atoms with Gasteiger partial charge in [0, 0.05) is 10.7 Å². The molecule has 0 aliphatic heterocycles. The normalized spacial score (nSPS) is 10.1. The van der Waals surface area contributed by atoms with Crippen molar-refractivity contribution in [3.8, 4) is 5.75 Å². The number of hydrogen-bond acceptors (Lipinski definition) is 2. The average molecular weight is 262 g/mol. The SMILES string of the molecule is Cc1ccc(C(=O)Nc2cccc(Cl)c2)c(O)c1. The lowest BCUT2D eigenvalue weighted by Crippen LogP contribution is -2.12. The van der Waals surface area contributed by atoms with Crippen LogP contribution in [-0.4, -0.2) is 11.0 Å². The van der Waals surface area contributed by atoms with Gasteiger partial charge < -0.3 is 10.4 Å². The summed E-state index contributed by atoms with van der Waals surface area (Å²) in [6, 6.07) is 11.7. The van der Waals surface area contributed by atoms with Crippen LogP contribution < -0.4 is 5.32 Å². The van der Waals surface area contributed by atoms with E-state index in [1.54, 1.807) is 42.5 Å². The molecule has 0 atom stereocenters. The van der Waals surface area contributed by atoms with Crippen LogP contribution in [0.5, 0.6) is 5.75 Å². The summed E-state index contributed by atoms with van der Waals surface area (Å²) in [4.78, 5) is 11.9. The summed E-state index contributed by atoms with van der Waals surface area (Å²) in [6.45, 7) is 1.85. The molecule has 0 fully saturated rings. The van der Waals surface area contributed by atoms with Crippen LogP contribution >= 0.6 is 11.6 Å². The van der Waals surface area contributed by atoms with E-state index in [2.05, 4.69) is 5.32 Å². The second-order valence-electron chi connectivity index (χ2n) is 3.99. The lowest BCUT2D eigenvalue weighted by molar-refractivity contribution is 0.102. The zero-order valence-electron chi connectivity index (χ0n) is 9.77. The molecule has 0 radical (unpaired) electrons. The van der Waals surface area contributed by atoms with Crippen molar-refractivity contribution in [3.63, 3.8) is 0 Å². The van der Waals surface area contributed by atoms with Crippen molar-refractivity contribution >= 4 is 23.2 Å². The molecule has 92 valence electrons. The summed E-state index contributed by atoms with van der Waals surface area (Å²) in [7, 11) is 0. The number of anilines is 1. The standard InChI is InChI=1S/C14H12ClNO2/c1-9-5-6-12(13(17)7-9)14(18)16-11-4-2-3-10(15)8-11/h2-8,17H,1H3,(H,16,18). The Hall–Kier alpha value is -2.00. The van der Waals surface area contributed by atoms with E-state index in [1.807, 2.05) is 6.92 Å². The lowest BCUT2D eigenvalue weighted by atomic mass is 10.1. The van der Waals surface area contributed by atoms with E-state index in [1.165, 1.54) is 0 Å². The number of hydrogen-bond donors (Lipinski definition) is 2. The second kappa shape index (κ2) is 5.10. The molecule has 4 heteroatoms. The van der Waals surface area contributed by atoms with Gasteiger partial charge in [0.05, 0.1) is 5.56 Å². The Morgan fingerprint density at radius 1 is 1.22 bits per heavy atom. The molecule has 0 aliphatic rings. The first-order valence-corrected chi connectivity index (χ1v) is 5.80. The number of benzene rings is 2. The third kappa shape index (κ3) is 2.81. The highest BCUT2D eigenvalue weighted by atomic mass is 35.5. The van der Waals surface area contributed by atoms with Crippen LogP contribution in [0.15, 0.2) is 42.5 Å². The molecule has 1 amide bonds. The minimum Gasteiger partial charge on any atom is -0.507 e. The molecule has 2 aromatic rings. The monoisotopic (exact) mass is 261 g/mol. The Morgan fingerprint density at radius 2 is 2.00 bits per heavy atom. The number of rotatable bonds is 2. The predicted octanol–water partition coefficient (Wildman–Crippen LogP) is 3.61. The van der Waals surface area contributed by atoms with Crippen LogP contribution in [0, 0.1) is 6.92 Å². The maximum Gasteiger partial charge on any atom is 0.259 e. The van der Waals surface area contributed by atoms with Crippen LogP contribution in [0.3, 0.4) is 0 Å². The third-order valence-corrected chi connectivity index (χ3v) is 2.72. The number of aryl methyl sites for hydroxylation is 1. The Kier molecular flexibility index (Phi) is 3.53. The van der Waals surface area contributed by atoms with Gasteiger partial charge >= 0.3 is 0 Å². The van der Waals surface area contributed by atoms with E-state index in [0.29, 0.717) is 10.7 Å². The minimum atomic E-state index is -0.366. The van der Waals surface area contributed by atoms with Crippen LogP contribution in [0.25, 0.3) is 0 Å². The maximum atomic E-state index is 11.9. The van der Waals surface area contributed by atoms with E-state index in [9.17, 15) is 9.90 Å². The van der Waals surface area contributed by atoms with Gasteiger partial charge in [-0.3, -0.25) is 4.79 Å². The number of phenolic OH excluding ortho intramolecular Hbond substituents is 1. The van der Waals surface area contributed by atoms with Gasteiger partial charge in [0.1, 0.15) is 5.75 Å². The Labute approximate surface area is 110 Å². The number of amides is 1. The van der Waals surface area contributed by atoms with Crippen molar-refractivity contribution in [2.45, 2.75) is 6.92 Å². The van der Waals surface area contributed by atoms with E-state index in [-0.39, 0.29) is 17.2 Å². The Balaban J connectivity index is 2.22. The molecule has 3 nitrogen and oxygen atoms in total. The molecule has 18 heavy (non-hydrogen) atoms. The topological polar surface area (TPSA) is 49.3 Å². The fourth-order valence-electron chi connectivity index (χ4n) is 1.60. The molecule has 0 aliphatic carbocycles. The highest BCUT2D eigenvalue weighted by Crippen LogP contribution is 2.21. The van der Waals surface area contributed by atoms with Crippen molar-refractivity contribution < 1.29 is 9.90 Å². The van der Waals surface area contributed by atoms with E-state index >= 15 is 0 Å². The predicted molar refractivity (Wildman–Crippen MR) is 72.2 cm³/mol. The molecule has 0 bridgehead atoms. The fourth-order valence-corrected chi connectivity index (χ4v) is 1.79. The summed E-state index contributed by atoms with van der Waals surface area (Å²) in [5.74, 6) is -0.399. The summed E-state index contributed by atoms with van der Waals surface area (Å²) in [5, 5.41) is 12.9. The first-order chi connectivity index (χ1) is 8.56. The smallest absolute Gasteiger partial charge is 0.259 e. The van der Waals surface area contributed by atoms with Crippen molar-refractivity contribution in [2.75, 3.05) is 5.32 Å². The first kappa shape index (κ1) is 12.5. The molecular formula is C14H12ClNO2. The van der Waals surface area contributed by atoms with Crippen LogP contribution in [0.1, 0.15) is 15.9 Å². The van der Waals surface area contributed by atoms with E-state index < -0.39 is 0 Å². The zero-order valence-corrected chi connectivity index (χ0v) is 10.5. The lowest BCUT2D eigenvalue weighted by Gasteiger charge is -2.07. The summed E-state index contributed by atoms with van der Waals surface area (Å²) in [6.07, 6.45) is 0. The van der Waals surface area contributed by atoms with Crippen molar-refractivity contribution in [2.24, 2.45) is 0 Å². The van der Waals surface area contributed by atoms with Gasteiger partial charge in [-0.05, 0) is 42.8 Å². The van der Waals surface area contributed by atoms with Crippen molar-refractivity contribution in [1.29, 1.82) is 0 Å². The number of phenols is 1. The third-order valence-electron chi connectivity index (χ3n) is 2.48. The molecule has 0 heterocycles. The number of nitrogens with one attached hydrogen (secondary N) is 1. The highest BCUT2D eigenvalue weighted by molar-refractivity contribution is 6.31. The zero-order chi connectivity index (χ0) is 13.1. The number of carbonyl (C=O) groups excluding carboxylic acids is 1. The summed E-state index contributed by atoms with van der Waals surface area (Å²) in [5.41, 5.74) is 1.72. The fraction of sp³-hybridized carbons (Fsp3) is 0.0714. The maximum absolute atomic E-state index is 11.9. The van der Waals surface area contributed by atoms with Crippen LogP contribution in [0.4, 0.5) is 5.69 Å². The molecule has 2 rings (SSSR count). The number of carbonyl (C=O) groups is 1. The molecule has 0 unspecified atom stereocenters. The molecule has 0 saturated heterocycles. The van der Waals surface area contributed by atoms with Gasteiger partial charge in [-0.1, -0.05) is 23.7 Å². The molecule has 0 spiro atoms. The molecule has 0 saturated carbocycles. The summed E-state index contributed by atoms with van der Waals surface area (Å²) < 4.78 is 0. The van der Waals surface area contributed by atoms with Crippen molar-refractivity contribution in [3.05, 3.63) is 58.6 Å². The quantitative estimate of drug-likeness (QED) is 0.868. The van der Waals surface area contributed by atoms with Gasteiger partial charge in [-0.25, -0.2) is 0 Å². The van der Waals surface area contributed by atoms with Gasteiger partial charge in [0.2, 0.25) is 0 Å². The van der Waals surface area contributed by atoms with Crippen LogP contribution in [0.2, 0.25) is 5.02 Å². The second-order valence-corrected chi connectivity index (χ2v) is 4.42. The van der Waals surface area contributed by atoms with Gasteiger partial charge in [0.15, 0.2) is 0 Å². The molecule has 2 aromatic carbocycles. The molecular weight excluding hydrogens is 250 g/mol. The van der Waals surface area contributed by atoms with Gasteiger partial charge in [0.25, 0.3) is 5.91 Å². The van der Waals surface area contributed by atoms with Gasteiger partial charge in [-0.2, -0.15) is 0 Å².